The maximum Gasteiger partial charge on any atom is 0.232 e. The van der Waals surface area contributed by atoms with Crippen molar-refractivity contribution in [1.82, 2.24) is 4.98 Å². The van der Waals surface area contributed by atoms with Gasteiger partial charge in [-0.1, -0.05) is 18.7 Å². The number of aromatic nitrogens is 1. The smallest absolute Gasteiger partial charge is 0.232 e. The zero-order valence-electron chi connectivity index (χ0n) is 10.8. The van der Waals surface area contributed by atoms with Gasteiger partial charge in [0.15, 0.2) is 4.34 Å². The number of sulfonamides is 1. The van der Waals surface area contributed by atoms with E-state index < -0.39 is 10.0 Å². The highest BCUT2D eigenvalue weighted by Crippen LogP contribution is 2.31. The van der Waals surface area contributed by atoms with Gasteiger partial charge in [0.05, 0.1) is 21.7 Å². The van der Waals surface area contributed by atoms with Crippen LogP contribution in [-0.2, 0) is 10.0 Å². The van der Waals surface area contributed by atoms with E-state index in [1.54, 1.807) is 36.1 Å². The maximum atomic E-state index is 11.5. The van der Waals surface area contributed by atoms with Crippen LogP contribution in [0.4, 0.5) is 5.69 Å². The Kier molecular flexibility index (Phi) is 4.70. The van der Waals surface area contributed by atoms with E-state index in [-0.39, 0.29) is 5.75 Å². The van der Waals surface area contributed by atoms with Crippen LogP contribution in [-0.4, -0.2) is 24.9 Å². The summed E-state index contributed by atoms with van der Waals surface area (Å²) in [6, 6.07) is 5.45. The minimum absolute atomic E-state index is 0.0747. The second-order valence-electron chi connectivity index (χ2n) is 4.02. The van der Waals surface area contributed by atoms with Crippen molar-refractivity contribution in [3.05, 3.63) is 18.2 Å². The average molecular weight is 316 g/mol. The molecular formula is C12H16N2O2S3. The van der Waals surface area contributed by atoms with Crippen LogP contribution in [0.25, 0.3) is 10.2 Å². The first-order valence-electron chi connectivity index (χ1n) is 6.08. The van der Waals surface area contributed by atoms with Gasteiger partial charge in [0, 0.05) is 5.75 Å². The van der Waals surface area contributed by atoms with Crippen molar-refractivity contribution in [3.8, 4) is 0 Å². The van der Waals surface area contributed by atoms with E-state index in [9.17, 15) is 8.42 Å². The Hall–Kier alpha value is -0.790. The molecule has 104 valence electrons. The van der Waals surface area contributed by atoms with Crippen molar-refractivity contribution >= 4 is 49.0 Å². The summed E-state index contributed by atoms with van der Waals surface area (Å²) in [5.74, 6) is 1.13. The van der Waals surface area contributed by atoms with Gasteiger partial charge in [0.2, 0.25) is 10.0 Å². The summed E-state index contributed by atoms with van der Waals surface area (Å²) in [5.41, 5.74) is 1.52. The number of rotatable bonds is 6. The predicted molar refractivity (Wildman–Crippen MR) is 83.7 cm³/mol. The SMILES string of the molecule is CCCSc1nc2ccc(NS(=O)(=O)CC)cc2s1. The first-order chi connectivity index (χ1) is 9.04. The molecule has 0 radical (unpaired) electrons. The number of nitrogens with one attached hydrogen (secondary N) is 1. The van der Waals surface area contributed by atoms with Crippen molar-refractivity contribution in [2.24, 2.45) is 0 Å². The standard InChI is InChI=1S/C12H16N2O2S3/c1-3-7-17-12-13-10-6-5-9(8-11(10)18-12)14-19(15,16)4-2/h5-6,8,14H,3-4,7H2,1-2H3. The van der Waals surface area contributed by atoms with E-state index in [4.69, 9.17) is 0 Å². The third-order valence-electron chi connectivity index (χ3n) is 2.45. The Morgan fingerprint density at radius 1 is 1.37 bits per heavy atom. The molecule has 7 heteroatoms. The van der Waals surface area contributed by atoms with Crippen molar-refractivity contribution < 1.29 is 8.42 Å². The van der Waals surface area contributed by atoms with Gasteiger partial charge in [-0.25, -0.2) is 13.4 Å². The zero-order chi connectivity index (χ0) is 13.9. The van der Waals surface area contributed by atoms with Crippen LogP contribution in [0.5, 0.6) is 0 Å². The molecule has 2 rings (SSSR count). The molecule has 0 aliphatic rings. The van der Waals surface area contributed by atoms with Crippen LogP contribution in [0.1, 0.15) is 20.3 Å². The van der Waals surface area contributed by atoms with E-state index in [1.807, 2.05) is 12.1 Å². The fourth-order valence-electron chi connectivity index (χ4n) is 1.47. The quantitative estimate of drug-likeness (QED) is 0.828. The third kappa shape index (κ3) is 3.84. The van der Waals surface area contributed by atoms with Crippen LogP contribution in [0, 0.1) is 0 Å². The molecule has 0 unspecified atom stereocenters. The molecular weight excluding hydrogens is 300 g/mol. The monoisotopic (exact) mass is 316 g/mol. The van der Waals surface area contributed by atoms with Gasteiger partial charge in [-0.3, -0.25) is 4.72 Å². The van der Waals surface area contributed by atoms with E-state index in [2.05, 4.69) is 16.6 Å². The lowest BCUT2D eigenvalue weighted by Crippen LogP contribution is -2.14. The number of hydrogen-bond acceptors (Lipinski definition) is 5. The Balaban J connectivity index is 2.25. The molecule has 1 aromatic carbocycles. The second-order valence-corrected chi connectivity index (χ2v) is 8.40. The number of fused-ring (bicyclic) bond motifs is 1. The van der Waals surface area contributed by atoms with Gasteiger partial charge < -0.3 is 0 Å². The predicted octanol–water partition coefficient (Wildman–Crippen LogP) is 3.56. The summed E-state index contributed by atoms with van der Waals surface area (Å²) in [5, 5.41) is 0. The van der Waals surface area contributed by atoms with Crippen LogP contribution in [0.15, 0.2) is 22.5 Å². The van der Waals surface area contributed by atoms with Crippen LogP contribution < -0.4 is 4.72 Å². The largest absolute Gasteiger partial charge is 0.284 e. The van der Waals surface area contributed by atoms with E-state index in [0.717, 1.165) is 26.7 Å². The summed E-state index contributed by atoms with van der Waals surface area (Å²) in [7, 11) is -3.22. The summed E-state index contributed by atoms with van der Waals surface area (Å²) >= 11 is 3.34. The minimum atomic E-state index is -3.22. The molecule has 1 N–H and O–H groups in total. The highest BCUT2D eigenvalue weighted by molar-refractivity contribution is 8.01. The zero-order valence-corrected chi connectivity index (χ0v) is 13.3. The third-order valence-corrected chi connectivity index (χ3v) is 6.13. The second kappa shape index (κ2) is 6.11. The lowest BCUT2D eigenvalue weighted by Gasteiger charge is -2.04. The average Bonchev–Trinajstić information content (AvgIpc) is 2.78. The lowest BCUT2D eigenvalue weighted by atomic mass is 10.3. The van der Waals surface area contributed by atoms with Crippen LogP contribution >= 0.6 is 23.1 Å². The molecule has 0 amide bonds. The number of thioether (sulfide) groups is 1. The molecule has 0 spiro atoms. The van der Waals surface area contributed by atoms with Gasteiger partial charge in [-0.15, -0.1) is 11.3 Å². The summed E-state index contributed by atoms with van der Waals surface area (Å²) in [6.07, 6.45) is 1.11. The van der Waals surface area contributed by atoms with Crippen molar-refractivity contribution in [3.63, 3.8) is 0 Å². The molecule has 0 saturated carbocycles. The fraction of sp³-hybridized carbons (Fsp3) is 0.417. The first-order valence-corrected chi connectivity index (χ1v) is 9.53. The summed E-state index contributed by atoms with van der Waals surface area (Å²) in [4.78, 5) is 4.51. The first kappa shape index (κ1) is 14.6. The van der Waals surface area contributed by atoms with Crippen molar-refractivity contribution in [1.29, 1.82) is 0 Å². The molecule has 1 aromatic heterocycles. The van der Waals surface area contributed by atoms with Gasteiger partial charge in [-0.05, 0) is 31.5 Å². The van der Waals surface area contributed by atoms with Crippen molar-refractivity contribution in [2.75, 3.05) is 16.2 Å². The van der Waals surface area contributed by atoms with Crippen LogP contribution in [0.3, 0.4) is 0 Å². The highest BCUT2D eigenvalue weighted by atomic mass is 32.2. The molecule has 0 saturated heterocycles. The molecule has 0 atom stereocenters. The molecule has 2 aromatic rings. The molecule has 19 heavy (non-hydrogen) atoms. The van der Waals surface area contributed by atoms with E-state index in [1.165, 1.54) is 0 Å². The van der Waals surface area contributed by atoms with Gasteiger partial charge in [0.1, 0.15) is 0 Å². The number of benzene rings is 1. The Bertz CT molecular complexity index is 665. The lowest BCUT2D eigenvalue weighted by molar-refractivity contribution is 0.602. The molecule has 0 aliphatic heterocycles. The Morgan fingerprint density at radius 3 is 2.84 bits per heavy atom. The Labute approximate surface area is 121 Å². The molecule has 4 nitrogen and oxygen atoms in total. The molecule has 0 bridgehead atoms. The number of hydrogen-bond donors (Lipinski definition) is 1. The molecule has 0 aliphatic carbocycles. The van der Waals surface area contributed by atoms with E-state index in [0.29, 0.717) is 5.69 Å². The highest BCUT2D eigenvalue weighted by Gasteiger charge is 2.09. The maximum absolute atomic E-state index is 11.5. The summed E-state index contributed by atoms with van der Waals surface area (Å²) < 4.78 is 27.6. The minimum Gasteiger partial charge on any atom is -0.284 e. The Morgan fingerprint density at radius 2 is 2.16 bits per heavy atom. The van der Waals surface area contributed by atoms with Crippen molar-refractivity contribution in [2.45, 2.75) is 24.6 Å². The fourth-order valence-corrected chi connectivity index (χ4v) is 4.13. The number of thiazole rings is 1. The van der Waals surface area contributed by atoms with Gasteiger partial charge in [0.25, 0.3) is 0 Å². The number of anilines is 1. The van der Waals surface area contributed by atoms with Crippen LogP contribution in [0.2, 0.25) is 0 Å². The van der Waals surface area contributed by atoms with E-state index >= 15 is 0 Å². The normalized spacial score (nSPS) is 11.9. The van der Waals surface area contributed by atoms with Gasteiger partial charge in [-0.2, -0.15) is 0 Å². The number of nitrogens with zero attached hydrogens (tertiary/aromatic N) is 1. The van der Waals surface area contributed by atoms with Gasteiger partial charge >= 0.3 is 0 Å². The molecule has 0 fully saturated rings. The molecule has 1 heterocycles. The topological polar surface area (TPSA) is 59.1 Å². The summed E-state index contributed by atoms with van der Waals surface area (Å²) in [6.45, 7) is 3.75.